The molecule has 2 rings (SSSR count). The first-order valence-corrected chi connectivity index (χ1v) is 7.02. The maximum atomic E-state index is 5.94. The van der Waals surface area contributed by atoms with Crippen molar-refractivity contribution in [1.82, 2.24) is 10.3 Å². The van der Waals surface area contributed by atoms with Crippen molar-refractivity contribution >= 4 is 11.6 Å². The molecule has 4 heteroatoms. The largest absolute Gasteiger partial charge is 0.489 e. The van der Waals surface area contributed by atoms with Crippen molar-refractivity contribution in [3.63, 3.8) is 0 Å². The van der Waals surface area contributed by atoms with Gasteiger partial charge in [-0.05, 0) is 50.2 Å². The molecule has 2 aromatic rings. The van der Waals surface area contributed by atoms with Gasteiger partial charge in [-0.25, -0.2) is 0 Å². The zero-order valence-electron chi connectivity index (χ0n) is 11.9. The van der Waals surface area contributed by atoms with Gasteiger partial charge in [-0.3, -0.25) is 4.98 Å². The van der Waals surface area contributed by atoms with E-state index in [1.54, 1.807) is 6.20 Å². The topological polar surface area (TPSA) is 34.2 Å². The molecule has 0 aliphatic heterocycles. The summed E-state index contributed by atoms with van der Waals surface area (Å²) in [5.41, 5.74) is 2.20. The number of hydrogen-bond donors (Lipinski definition) is 1. The summed E-state index contributed by atoms with van der Waals surface area (Å²) in [6, 6.07) is 9.89. The highest BCUT2D eigenvalue weighted by Gasteiger charge is 2.13. The summed E-state index contributed by atoms with van der Waals surface area (Å²) in [7, 11) is 1.93. The molecule has 0 radical (unpaired) electrons. The van der Waals surface area contributed by atoms with Gasteiger partial charge in [0.2, 0.25) is 0 Å². The van der Waals surface area contributed by atoms with Gasteiger partial charge < -0.3 is 10.1 Å². The van der Waals surface area contributed by atoms with E-state index in [-0.39, 0.29) is 12.1 Å². The second-order valence-corrected chi connectivity index (χ2v) is 5.33. The maximum absolute atomic E-state index is 5.94. The van der Waals surface area contributed by atoms with Gasteiger partial charge in [0.15, 0.2) is 0 Å². The average molecular weight is 291 g/mol. The number of pyridine rings is 1. The molecule has 0 bridgehead atoms. The number of ether oxygens (including phenoxy) is 1. The molecular weight excluding hydrogens is 272 g/mol. The molecule has 106 valence electrons. The van der Waals surface area contributed by atoms with Gasteiger partial charge in [0.05, 0.1) is 18.3 Å². The number of aromatic nitrogens is 1. The van der Waals surface area contributed by atoms with E-state index in [4.69, 9.17) is 16.3 Å². The van der Waals surface area contributed by atoms with Crippen LogP contribution < -0.4 is 10.1 Å². The maximum Gasteiger partial charge on any atom is 0.138 e. The molecule has 1 aromatic carbocycles. The third kappa shape index (κ3) is 3.71. The molecule has 0 spiro atoms. The number of nitrogens with one attached hydrogen (secondary N) is 1. The molecule has 1 unspecified atom stereocenters. The number of halogens is 1. The van der Waals surface area contributed by atoms with Gasteiger partial charge in [0.1, 0.15) is 5.75 Å². The predicted octanol–water partition coefficient (Wildman–Crippen LogP) is 3.83. The first kappa shape index (κ1) is 14.8. The Morgan fingerprint density at radius 2 is 1.80 bits per heavy atom. The van der Waals surface area contributed by atoms with Crippen molar-refractivity contribution in [2.75, 3.05) is 7.05 Å². The Hall–Kier alpha value is -1.58. The van der Waals surface area contributed by atoms with Crippen molar-refractivity contribution in [2.45, 2.75) is 26.0 Å². The number of benzene rings is 1. The van der Waals surface area contributed by atoms with Crippen molar-refractivity contribution in [3.05, 3.63) is 58.9 Å². The summed E-state index contributed by atoms with van der Waals surface area (Å²) in [5, 5.41) is 4.03. The Labute approximate surface area is 124 Å². The van der Waals surface area contributed by atoms with Crippen LogP contribution in [0.4, 0.5) is 0 Å². The van der Waals surface area contributed by atoms with E-state index in [1.807, 2.05) is 57.4 Å². The summed E-state index contributed by atoms with van der Waals surface area (Å²) < 4.78 is 5.69. The smallest absolute Gasteiger partial charge is 0.138 e. The zero-order chi connectivity index (χ0) is 14.5. The molecular formula is C16H19ClN2O. The lowest BCUT2D eigenvalue weighted by Gasteiger charge is -2.18. The van der Waals surface area contributed by atoms with Gasteiger partial charge in [-0.2, -0.15) is 0 Å². The van der Waals surface area contributed by atoms with E-state index in [1.165, 1.54) is 0 Å². The Bertz CT molecular complexity index is 555. The van der Waals surface area contributed by atoms with Crippen LogP contribution in [0.15, 0.2) is 42.7 Å². The Morgan fingerprint density at radius 1 is 1.10 bits per heavy atom. The molecule has 0 amide bonds. The van der Waals surface area contributed by atoms with Crippen molar-refractivity contribution in [3.8, 4) is 5.75 Å². The highest BCUT2D eigenvalue weighted by Crippen LogP contribution is 2.25. The van der Waals surface area contributed by atoms with E-state index in [9.17, 15) is 0 Å². The van der Waals surface area contributed by atoms with Crippen LogP contribution in [0.2, 0.25) is 5.02 Å². The Kier molecular flexibility index (Phi) is 4.99. The molecule has 0 saturated heterocycles. The lowest BCUT2D eigenvalue weighted by molar-refractivity contribution is 0.241. The molecule has 0 aliphatic carbocycles. The minimum Gasteiger partial charge on any atom is -0.489 e. The first-order valence-electron chi connectivity index (χ1n) is 6.64. The van der Waals surface area contributed by atoms with Crippen LogP contribution in [-0.2, 0) is 0 Å². The molecule has 1 heterocycles. The Morgan fingerprint density at radius 3 is 2.40 bits per heavy atom. The van der Waals surface area contributed by atoms with Crippen molar-refractivity contribution in [2.24, 2.45) is 0 Å². The van der Waals surface area contributed by atoms with E-state index in [2.05, 4.69) is 10.3 Å². The molecule has 1 atom stereocenters. The fourth-order valence-electron chi connectivity index (χ4n) is 2.11. The first-order chi connectivity index (χ1) is 9.60. The summed E-state index contributed by atoms with van der Waals surface area (Å²) in [5.74, 6) is 0.784. The van der Waals surface area contributed by atoms with Crippen LogP contribution in [0, 0.1) is 0 Å². The molecule has 0 saturated carbocycles. The predicted molar refractivity (Wildman–Crippen MR) is 82.4 cm³/mol. The normalized spacial score (nSPS) is 12.4. The second-order valence-electron chi connectivity index (χ2n) is 4.89. The molecule has 3 nitrogen and oxygen atoms in total. The molecule has 1 aromatic heterocycles. The van der Waals surface area contributed by atoms with Gasteiger partial charge in [0, 0.05) is 11.2 Å². The summed E-state index contributed by atoms with van der Waals surface area (Å²) >= 11 is 5.94. The van der Waals surface area contributed by atoms with Crippen LogP contribution in [-0.4, -0.2) is 18.1 Å². The quantitative estimate of drug-likeness (QED) is 0.909. The van der Waals surface area contributed by atoms with E-state index in [0.29, 0.717) is 0 Å². The molecule has 20 heavy (non-hydrogen) atoms. The standard InChI is InChI=1S/C16H19ClN2O/c1-11(2)20-15-8-13(9-19-10-15)16(18-3)12-4-6-14(17)7-5-12/h4-11,16,18H,1-3H3. The van der Waals surface area contributed by atoms with Gasteiger partial charge in [-0.1, -0.05) is 23.7 Å². The SMILES string of the molecule is CNC(c1ccc(Cl)cc1)c1cncc(OC(C)C)c1. The summed E-state index contributed by atoms with van der Waals surface area (Å²) in [6.45, 7) is 4.00. The van der Waals surface area contributed by atoms with Gasteiger partial charge in [0.25, 0.3) is 0 Å². The fraction of sp³-hybridized carbons (Fsp3) is 0.312. The molecule has 0 fully saturated rings. The number of hydrogen-bond acceptors (Lipinski definition) is 3. The van der Waals surface area contributed by atoms with Crippen LogP contribution in [0.3, 0.4) is 0 Å². The fourth-order valence-corrected chi connectivity index (χ4v) is 2.24. The van der Waals surface area contributed by atoms with Crippen LogP contribution in [0.25, 0.3) is 0 Å². The van der Waals surface area contributed by atoms with Crippen LogP contribution >= 0.6 is 11.6 Å². The van der Waals surface area contributed by atoms with Gasteiger partial charge in [-0.15, -0.1) is 0 Å². The molecule has 1 N–H and O–H groups in total. The lowest BCUT2D eigenvalue weighted by atomic mass is 10.0. The minimum atomic E-state index is 0.0653. The molecule has 0 aliphatic rings. The monoisotopic (exact) mass is 290 g/mol. The van der Waals surface area contributed by atoms with Gasteiger partial charge >= 0.3 is 0 Å². The highest BCUT2D eigenvalue weighted by atomic mass is 35.5. The average Bonchev–Trinajstić information content (AvgIpc) is 2.41. The van der Waals surface area contributed by atoms with E-state index in [0.717, 1.165) is 21.9 Å². The minimum absolute atomic E-state index is 0.0653. The van der Waals surface area contributed by atoms with E-state index >= 15 is 0 Å². The van der Waals surface area contributed by atoms with Crippen molar-refractivity contribution in [1.29, 1.82) is 0 Å². The Balaban J connectivity index is 2.29. The van der Waals surface area contributed by atoms with Crippen molar-refractivity contribution < 1.29 is 4.74 Å². The summed E-state index contributed by atoms with van der Waals surface area (Å²) in [6.07, 6.45) is 3.72. The second kappa shape index (κ2) is 6.73. The highest BCUT2D eigenvalue weighted by molar-refractivity contribution is 6.30. The van der Waals surface area contributed by atoms with E-state index < -0.39 is 0 Å². The lowest BCUT2D eigenvalue weighted by Crippen LogP contribution is -2.18. The van der Waals surface area contributed by atoms with Crippen LogP contribution in [0.1, 0.15) is 31.0 Å². The van der Waals surface area contributed by atoms with Crippen LogP contribution in [0.5, 0.6) is 5.75 Å². The number of rotatable bonds is 5. The third-order valence-electron chi connectivity index (χ3n) is 2.93. The zero-order valence-corrected chi connectivity index (χ0v) is 12.7. The summed E-state index contributed by atoms with van der Waals surface area (Å²) in [4.78, 5) is 4.26. The number of nitrogens with zero attached hydrogens (tertiary/aromatic N) is 1. The third-order valence-corrected chi connectivity index (χ3v) is 3.18.